The molecule has 6 heteroatoms. The van der Waals surface area contributed by atoms with Gasteiger partial charge < -0.3 is 15.4 Å². The second-order valence-corrected chi connectivity index (χ2v) is 6.10. The molecule has 0 amide bonds. The highest BCUT2D eigenvalue weighted by molar-refractivity contribution is 6.32. The number of halogens is 1. The fourth-order valence-electron chi connectivity index (χ4n) is 2.84. The van der Waals surface area contributed by atoms with Crippen LogP contribution in [0.5, 0.6) is 5.75 Å². The Bertz CT molecular complexity index is 659. The number of nitrogens with zero attached hydrogens (tertiary/aromatic N) is 2. The summed E-state index contributed by atoms with van der Waals surface area (Å²) in [6.07, 6.45) is 7.78. The van der Waals surface area contributed by atoms with Crippen LogP contribution >= 0.6 is 11.6 Å². The topological polar surface area (TPSA) is 59.1 Å². The van der Waals surface area contributed by atoms with Gasteiger partial charge in [-0.25, -0.2) is 4.98 Å². The third-order valence-corrected chi connectivity index (χ3v) is 4.32. The van der Waals surface area contributed by atoms with Crippen molar-refractivity contribution < 1.29 is 4.74 Å². The Balaban J connectivity index is 1.76. The molecule has 0 saturated heterocycles. The summed E-state index contributed by atoms with van der Waals surface area (Å²) < 4.78 is 5.33. The molecule has 0 unspecified atom stereocenters. The highest BCUT2D eigenvalue weighted by Crippen LogP contribution is 2.28. The van der Waals surface area contributed by atoms with Crippen molar-refractivity contribution in [3.8, 4) is 5.75 Å². The highest BCUT2D eigenvalue weighted by Gasteiger charge is 2.16. The van der Waals surface area contributed by atoms with E-state index in [1.54, 1.807) is 13.3 Å². The van der Waals surface area contributed by atoms with Crippen LogP contribution < -0.4 is 15.4 Å². The molecule has 1 aromatic carbocycles. The van der Waals surface area contributed by atoms with Crippen LogP contribution in [-0.2, 0) is 0 Å². The van der Waals surface area contributed by atoms with Crippen LogP contribution in [0.25, 0.3) is 0 Å². The molecule has 0 atom stereocenters. The molecule has 23 heavy (non-hydrogen) atoms. The summed E-state index contributed by atoms with van der Waals surface area (Å²) in [4.78, 5) is 8.77. The molecular weight excluding hydrogens is 312 g/mol. The second-order valence-electron chi connectivity index (χ2n) is 5.69. The van der Waals surface area contributed by atoms with Crippen molar-refractivity contribution in [2.24, 2.45) is 0 Å². The molecule has 122 valence electrons. The molecule has 1 aliphatic rings. The fraction of sp³-hybridized carbons (Fsp3) is 0.412. The third-order valence-electron chi connectivity index (χ3n) is 4.04. The predicted molar refractivity (Wildman–Crippen MR) is 93.8 cm³/mol. The standard InChI is InChI=1S/C17H21ClN4O/c1-23-15-10-6-5-9-14(15)21-17-19-11-13(18)16(22-17)20-12-7-3-2-4-8-12/h5-6,9-12H,2-4,7-8H2,1H3,(H2,19,20,21,22). The van der Waals surface area contributed by atoms with E-state index in [-0.39, 0.29) is 0 Å². The molecule has 0 bridgehead atoms. The normalized spacial score (nSPS) is 15.2. The van der Waals surface area contributed by atoms with Crippen molar-refractivity contribution in [3.63, 3.8) is 0 Å². The van der Waals surface area contributed by atoms with E-state index in [1.165, 1.54) is 19.3 Å². The van der Waals surface area contributed by atoms with E-state index in [2.05, 4.69) is 20.6 Å². The first-order chi connectivity index (χ1) is 11.3. The molecule has 0 spiro atoms. The lowest BCUT2D eigenvalue weighted by atomic mass is 9.95. The number of rotatable bonds is 5. The monoisotopic (exact) mass is 332 g/mol. The molecule has 1 saturated carbocycles. The Hall–Kier alpha value is -2.01. The quantitative estimate of drug-likeness (QED) is 0.836. The first-order valence-electron chi connectivity index (χ1n) is 7.95. The number of aromatic nitrogens is 2. The zero-order valence-corrected chi connectivity index (χ0v) is 13.9. The molecule has 0 radical (unpaired) electrons. The summed E-state index contributed by atoms with van der Waals surface area (Å²) in [6.45, 7) is 0. The summed E-state index contributed by atoms with van der Waals surface area (Å²) >= 11 is 6.24. The van der Waals surface area contributed by atoms with Gasteiger partial charge in [0.1, 0.15) is 10.8 Å². The van der Waals surface area contributed by atoms with Crippen molar-refractivity contribution in [2.75, 3.05) is 17.7 Å². The zero-order chi connectivity index (χ0) is 16.1. The minimum atomic E-state index is 0.440. The minimum absolute atomic E-state index is 0.440. The van der Waals surface area contributed by atoms with Crippen LogP contribution in [0.15, 0.2) is 30.5 Å². The van der Waals surface area contributed by atoms with Gasteiger partial charge in [-0.2, -0.15) is 4.98 Å². The van der Waals surface area contributed by atoms with Crippen molar-refractivity contribution in [1.82, 2.24) is 9.97 Å². The van der Waals surface area contributed by atoms with E-state index in [4.69, 9.17) is 16.3 Å². The van der Waals surface area contributed by atoms with Crippen LogP contribution in [-0.4, -0.2) is 23.1 Å². The van der Waals surface area contributed by atoms with Gasteiger partial charge in [-0.1, -0.05) is 43.0 Å². The maximum Gasteiger partial charge on any atom is 0.229 e. The number of anilines is 3. The first kappa shape index (κ1) is 15.9. The average Bonchev–Trinajstić information content (AvgIpc) is 2.59. The fourth-order valence-corrected chi connectivity index (χ4v) is 2.98. The summed E-state index contributed by atoms with van der Waals surface area (Å²) in [6, 6.07) is 8.10. The number of para-hydroxylation sites is 2. The minimum Gasteiger partial charge on any atom is -0.495 e. The number of methoxy groups -OCH3 is 1. The van der Waals surface area contributed by atoms with E-state index in [0.717, 1.165) is 24.3 Å². The Morgan fingerprint density at radius 3 is 2.74 bits per heavy atom. The van der Waals surface area contributed by atoms with Crippen LogP contribution in [0.3, 0.4) is 0 Å². The number of benzene rings is 1. The van der Waals surface area contributed by atoms with Gasteiger partial charge in [0, 0.05) is 6.04 Å². The molecule has 1 aromatic heterocycles. The number of ether oxygens (including phenoxy) is 1. The Morgan fingerprint density at radius 1 is 1.17 bits per heavy atom. The Morgan fingerprint density at radius 2 is 1.96 bits per heavy atom. The van der Waals surface area contributed by atoms with E-state index >= 15 is 0 Å². The van der Waals surface area contributed by atoms with Crippen LogP contribution in [0.1, 0.15) is 32.1 Å². The van der Waals surface area contributed by atoms with Gasteiger partial charge in [-0.05, 0) is 25.0 Å². The molecule has 1 heterocycles. The van der Waals surface area contributed by atoms with Gasteiger partial charge in [0.15, 0.2) is 5.82 Å². The smallest absolute Gasteiger partial charge is 0.229 e. The van der Waals surface area contributed by atoms with E-state index in [0.29, 0.717) is 22.8 Å². The number of hydrogen-bond acceptors (Lipinski definition) is 5. The van der Waals surface area contributed by atoms with Crippen LogP contribution in [0.4, 0.5) is 17.5 Å². The average molecular weight is 333 g/mol. The molecule has 2 aromatic rings. The van der Waals surface area contributed by atoms with Gasteiger partial charge in [0.25, 0.3) is 0 Å². The van der Waals surface area contributed by atoms with E-state index < -0.39 is 0 Å². The van der Waals surface area contributed by atoms with E-state index in [1.807, 2.05) is 24.3 Å². The SMILES string of the molecule is COc1ccccc1Nc1ncc(Cl)c(NC2CCCCC2)n1. The second kappa shape index (κ2) is 7.51. The highest BCUT2D eigenvalue weighted by atomic mass is 35.5. The number of nitrogens with one attached hydrogen (secondary N) is 2. The van der Waals surface area contributed by atoms with Crippen molar-refractivity contribution in [3.05, 3.63) is 35.5 Å². The van der Waals surface area contributed by atoms with Gasteiger partial charge in [0.2, 0.25) is 5.95 Å². The first-order valence-corrected chi connectivity index (χ1v) is 8.33. The van der Waals surface area contributed by atoms with Crippen molar-refractivity contribution in [2.45, 2.75) is 38.1 Å². The summed E-state index contributed by atoms with van der Waals surface area (Å²) in [7, 11) is 1.64. The van der Waals surface area contributed by atoms with Gasteiger partial charge in [-0.3, -0.25) is 0 Å². The largest absolute Gasteiger partial charge is 0.495 e. The molecular formula is C17H21ClN4O. The molecule has 2 N–H and O–H groups in total. The molecule has 1 fully saturated rings. The Labute approximate surface area is 141 Å². The lowest BCUT2D eigenvalue weighted by Crippen LogP contribution is -2.23. The molecule has 0 aliphatic heterocycles. The van der Waals surface area contributed by atoms with Gasteiger partial charge in [-0.15, -0.1) is 0 Å². The predicted octanol–water partition coefficient (Wildman–Crippen LogP) is 4.63. The summed E-state index contributed by atoms with van der Waals surface area (Å²) in [5.74, 6) is 1.93. The van der Waals surface area contributed by atoms with E-state index in [9.17, 15) is 0 Å². The lowest BCUT2D eigenvalue weighted by Gasteiger charge is -2.23. The molecule has 5 nitrogen and oxygen atoms in total. The maximum atomic E-state index is 6.24. The zero-order valence-electron chi connectivity index (χ0n) is 13.2. The lowest BCUT2D eigenvalue weighted by molar-refractivity contribution is 0.417. The molecule has 1 aliphatic carbocycles. The van der Waals surface area contributed by atoms with Gasteiger partial charge in [0.05, 0.1) is 19.0 Å². The van der Waals surface area contributed by atoms with Gasteiger partial charge >= 0.3 is 0 Å². The van der Waals surface area contributed by atoms with Crippen LogP contribution in [0, 0.1) is 0 Å². The van der Waals surface area contributed by atoms with Crippen LogP contribution in [0.2, 0.25) is 5.02 Å². The molecule has 3 rings (SSSR count). The summed E-state index contributed by atoms with van der Waals surface area (Å²) in [5.41, 5.74) is 0.820. The third kappa shape index (κ3) is 4.05. The van der Waals surface area contributed by atoms with Crippen molar-refractivity contribution >= 4 is 29.1 Å². The number of hydrogen-bond donors (Lipinski definition) is 2. The van der Waals surface area contributed by atoms with Crippen molar-refractivity contribution in [1.29, 1.82) is 0 Å². The summed E-state index contributed by atoms with van der Waals surface area (Å²) in [5, 5.41) is 7.17. The maximum absolute atomic E-state index is 6.24. The Kier molecular flexibility index (Phi) is 5.18.